The summed E-state index contributed by atoms with van der Waals surface area (Å²) in [5.41, 5.74) is 5.31. The van der Waals surface area contributed by atoms with Gasteiger partial charge >= 0.3 is 0 Å². The molecule has 0 saturated heterocycles. The lowest BCUT2D eigenvalue weighted by Gasteiger charge is -2.13. The summed E-state index contributed by atoms with van der Waals surface area (Å²) in [4.78, 5) is 21.7. The molecule has 1 amide bonds. The van der Waals surface area contributed by atoms with Gasteiger partial charge in [0.2, 0.25) is 5.95 Å². The van der Waals surface area contributed by atoms with E-state index in [1.54, 1.807) is 25.4 Å². The number of carbonyl (C=O) groups excluding carboxylic acids is 1. The molecule has 0 radical (unpaired) electrons. The molecule has 0 atom stereocenters. The summed E-state index contributed by atoms with van der Waals surface area (Å²) >= 11 is 0. The fourth-order valence-electron chi connectivity index (χ4n) is 3.58. The topological polar surface area (TPSA) is 105 Å². The molecule has 0 saturated carbocycles. The Balaban J connectivity index is 1.54. The molecule has 3 N–H and O–H groups in total. The van der Waals surface area contributed by atoms with Gasteiger partial charge in [-0.05, 0) is 48.2 Å². The summed E-state index contributed by atoms with van der Waals surface area (Å²) in [6, 6.07) is 17.0. The first-order chi connectivity index (χ1) is 16.1. The van der Waals surface area contributed by atoms with Crippen molar-refractivity contribution in [1.29, 1.82) is 0 Å². The van der Waals surface area contributed by atoms with Crippen LogP contribution in [0.5, 0.6) is 5.75 Å². The minimum Gasteiger partial charge on any atom is -0.495 e. The van der Waals surface area contributed by atoms with Gasteiger partial charge in [-0.1, -0.05) is 44.2 Å². The molecule has 0 aliphatic rings. The zero-order valence-electron chi connectivity index (χ0n) is 18.8. The number of ether oxygens (including phenoxy) is 1. The van der Waals surface area contributed by atoms with Crippen LogP contribution in [0.15, 0.2) is 60.8 Å². The molecule has 0 bridgehead atoms. The third-order valence-electron chi connectivity index (χ3n) is 5.33. The Morgan fingerprint density at radius 2 is 1.76 bits per heavy atom. The second-order valence-corrected chi connectivity index (χ2v) is 7.37. The number of methoxy groups -OCH3 is 1. The van der Waals surface area contributed by atoms with Crippen LogP contribution >= 0.6 is 0 Å². The van der Waals surface area contributed by atoms with Crippen molar-refractivity contribution < 1.29 is 9.53 Å². The molecule has 0 spiro atoms. The maximum absolute atomic E-state index is 12.9. The van der Waals surface area contributed by atoms with Gasteiger partial charge < -0.3 is 15.4 Å². The number of benzene rings is 2. The van der Waals surface area contributed by atoms with E-state index in [4.69, 9.17) is 4.74 Å². The lowest BCUT2D eigenvalue weighted by Crippen LogP contribution is -2.15. The molecular weight excluding hydrogens is 416 g/mol. The SMILES string of the molecule is CCc1cccc(CC)c1NC(=O)c1cc(-c2ccnc(Nc3ccccc3OC)n2)n[nH]1. The molecule has 0 aliphatic heterocycles. The van der Waals surface area contributed by atoms with Gasteiger partial charge in [0.15, 0.2) is 0 Å². The van der Waals surface area contributed by atoms with Crippen LogP contribution in [-0.4, -0.2) is 33.2 Å². The number of hydrogen-bond acceptors (Lipinski definition) is 6. The average molecular weight is 443 g/mol. The number of hydrogen-bond donors (Lipinski definition) is 3. The summed E-state index contributed by atoms with van der Waals surface area (Å²) in [5, 5.41) is 13.3. The second kappa shape index (κ2) is 9.95. The highest BCUT2D eigenvalue weighted by Gasteiger charge is 2.16. The number of amides is 1. The van der Waals surface area contributed by atoms with Crippen LogP contribution in [0.1, 0.15) is 35.5 Å². The predicted molar refractivity (Wildman–Crippen MR) is 129 cm³/mol. The second-order valence-electron chi connectivity index (χ2n) is 7.37. The van der Waals surface area contributed by atoms with E-state index in [0.29, 0.717) is 28.8 Å². The Bertz CT molecular complexity index is 1250. The summed E-state index contributed by atoms with van der Waals surface area (Å²) in [5.74, 6) is 0.838. The van der Waals surface area contributed by atoms with Crippen LogP contribution < -0.4 is 15.4 Å². The fraction of sp³-hybridized carbons (Fsp3) is 0.200. The number of carbonyl (C=O) groups is 1. The van der Waals surface area contributed by atoms with Crippen LogP contribution in [0.4, 0.5) is 17.3 Å². The van der Waals surface area contributed by atoms with Gasteiger partial charge in [-0.2, -0.15) is 5.10 Å². The van der Waals surface area contributed by atoms with Crippen LogP contribution in [-0.2, 0) is 12.8 Å². The zero-order chi connectivity index (χ0) is 23.2. The molecule has 33 heavy (non-hydrogen) atoms. The van der Waals surface area contributed by atoms with Gasteiger partial charge in [-0.3, -0.25) is 9.89 Å². The third kappa shape index (κ3) is 4.85. The van der Waals surface area contributed by atoms with Gasteiger partial charge in [-0.25, -0.2) is 9.97 Å². The van der Waals surface area contributed by atoms with Crippen LogP contribution in [0.3, 0.4) is 0 Å². The maximum atomic E-state index is 12.9. The quantitative estimate of drug-likeness (QED) is 0.355. The van der Waals surface area contributed by atoms with Gasteiger partial charge in [0.1, 0.15) is 17.1 Å². The first kappa shape index (κ1) is 22.0. The van der Waals surface area contributed by atoms with E-state index in [2.05, 4.69) is 44.6 Å². The largest absolute Gasteiger partial charge is 0.495 e. The Morgan fingerprint density at radius 3 is 2.48 bits per heavy atom. The highest BCUT2D eigenvalue weighted by molar-refractivity contribution is 6.04. The first-order valence-electron chi connectivity index (χ1n) is 10.8. The van der Waals surface area contributed by atoms with Gasteiger partial charge in [-0.15, -0.1) is 0 Å². The minimum atomic E-state index is -0.245. The highest BCUT2D eigenvalue weighted by Crippen LogP contribution is 2.27. The van der Waals surface area contributed by atoms with Crippen molar-refractivity contribution in [1.82, 2.24) is 20.2 Å². The van der Waals surface area contributed by atoms with E-state index in [-0.39, 0.29) is 5.91 Å². The monoisotopic (exact) mass is 442 g/mol. The van der Waals surface area contributed by atoms with Crippen molar-refractivity contribution >= 4 is 23.2 Å². The van der Waals surface area contributed by atoms with E-state index >= 15 is 0 Å². The summed E-state index contributed by atoms with van der Waals surface area (Å²) < 4.78 is 5.36. The molecule has 0 aliphatic carbocycles. The third-order valence-corrected chi connectivity index (χ3v) is 5.33. The molecule has 8 nitrogen and oxygen atoms in total. The molecule has 8 heteroatoms. The highest BCUT2D eigenvalue weighted by atomic mass is 16.5. The molecule has 2 heterocycles. The van der Waals surface area contributed by atoms with Crippen molar-refractivity contribution in [3.63, 3.8) is 0 Å². The molecular formula is C25H26N6O2. The number of nitrogens with zero attached hydrogens (tertiary/aromatic N) is 3. The Morgan fingerprint density at radius 1 is 1.00 bits per heavy atom. The number of aromatic amines is 1. The molecule has 4 aromatic rings. The van der Waals surface area contributed by atoms with Crippen molar-refractivity contribution in [3.05, 3.63) is 77.6 Å². The fourth-order valence-corrected chi connectivity index (χ4v) is 3.58. The number of aryl methyl sites for hydroxylation is 2. The van der Waals surface area contributed by atoms with E-state index in [1.165, 1.54) is 0 Å². The first-order valence-corrected chi connectivity index (χ1v) is 10.8. The molecule has 0 fully saturated rings. The molecule has 168 valence electrons. The summed E-state index contributed by atoms with van der Waals surface area (Å²) in [6.07, 6.45) is 3.31. The predicted octanol–water partition coefficient (Wildman–Crippen LogP) is 5.00. The van der Waals surface area contributed by atoms with E-state index < -0.39 is 0 Å². The van der Waals surface area contributed by atoms with E-state index in [0.717, 1.165) is 35.3 Å². The molecule has 4 rings (SSSR count). The smallest absolute Gasteiger partial charge is 0.273 e. The average Bonchev–Trinajstić information content (AvgIpc) is 3.35. The van der Waals surface area contributed by atoms with Gasteiger partial charge in [0.25, 0.3) is 5.91 Å². The van der Waals surface area contributed by atoms with Gasteiger partial charge in [0, 0.05) is 11.9 Å². The molecule has 0 unspecified atom stereocenters. The molecule has 2 aromatic heterocycles. The Hall–Kier alpha value is -4.20. The number of para-hydroxylation sites is 3. The standard InChI is InChI=1S/C25H26N6O2/c1-4-16-9-8-10-17(5-2)23(16)29-24(32)21-15-20(30-31-21)18-13-14-26-25(27-18)28-19-11-6-7-12-22(19)33-3/h6-15H,4-5H2,1-3H3,(H,29,32)(H,30,31)(H,26,27,28). The summed E-state index contributed by atoms with van der Waals surface area (Å²) in [6.45, 7) is 4.15. The zero-order valence-corrected chi connectivity index (χ0v) is 18.8. The number of H-pyrrole nitrogens is 1. The van der Waals surface area contributed by atoms with Crippen LogP contribution in [0.25, 0.3) is 11.4 Å². The number of nitrogens with one attached hydrogen (secondary N) is 3. The van der Waals surface area contributed by atoms with Crippen molar-refractivity contribution in [2.75, 3.05) is 17.7 Å². The normalized spacial score (nSPS) is 10.6. The number of anilines is 3. The van der Waals surface area contributed by atoms with Crippen molar-refractivity contribution in [2.24, 2.45) is 0 Å². The van der Waals surface area contributed by atoms with Crippen molar-refractivity contribution in [3.8, 4) is 17.1 Å². The number of rotatable bonds is 8. The lowest BCUT2D eigenvalue weighted by atomic mass is 10.0. The Kier molecular flexibility index (Phi) is 6.64. The Labute approximate surface area is 192 Å². The number of aromatic nitrogens is 4. The van der Waals surface area contributed by atoms with Crippen molar-refractivity contribution in [2.45, 2.75) is 26.7 Å². The van der Waals surface area contributed by atoms with Crippen LogP contribution in [0.2, 0.25) is 0 Å². The van der Waals surface area contributed by atoms with E-state index in [9.17, 15) is 4.79 Å². The minimum absolute atomic E-state index is 0.245. The maximum Gasteiger partial charge on any atom is 0.273 e. The van der Waals surface area contributed by atoms with E-state index in [1.807, 2.05) is 42.5 Å². The lowest BCUT2D eigenvalue weighted by molar-refractivity contribution is 0.102. The van der Waals surface area contributed by atoms with Crippen LogP contribution in [0, 0.1) is 0 Å². The molecule has 2 aromatic carbocycles. The summed E-state index contributed by atoms with van der Waals surface area (Å²) in [7, 11) is 1.61. The van der Waals surface area contributed by atoms with Gasteiger partial charge in [0.05, 0.1) is 18.5 Å².